The minimum absolute atomic E-state index is 0.336. The molecule has 8 nitrogen and oxygen atoms in total. The topological polar surface area (TPSA) is 89.4 Å². The van der Waals surface area contributed by atoms with Gasteiger partial charge in [0.1, 0.15) is 0 Å². The summed E-state index contributed by atoms with van der Waals surface area (Å²) in [5.74, 6) is 0.347. The Labute approximate surface area is 123 Å². The third-order valence-corrected chi connectivity index (χ3v) is 4.18. The zero-order valence-electron chi connectivity index (χ0n) is 12.9. The van der Waals surface area contributed by atoms with Gasteiger partial charge in [-0.2, -0.15) is 0 Å². The van der Waals surface area contributed by atoms with Gasteiger partial charge in [0.2, 0.25) is 5.82 Å². The quantitative estimate of drug-likeness (QED) is 0.715. The molecule has 2 N–H and O–H groups in total. The fourth-order valence-corrected chi connectivity index (χ4v) is 2.75. The standard InChI is InChI=1S/C13H24N6O2/c1-4-10(9-14)18-5-7-19(8-6-18)11-12(20)16(2)13(21)17(3)15-11/h10H,4-9,14H2,1-3H3. The molecule has 118 valence electrons. The van der Waals surface area contributed by atoms with E-state index in [4.69, 9.17) is 5.73 Å². The molecule has 0 saturated carbocycles. The second-order valence-electron chi connectivity index (χ2n) is 5.41. The van der Waals surface area contributed by atoms with Crippen LogP contribution in [0.15, 0.2) is 9.59 Å². The van der Waals surface area contributed by atoms with Crippen molar-refractivity contribution in [2.75, 3.05) is 37.6 Å². The van der Waals surface area contributed by atoms with Crippen LogP contribution in [0.3, 0.4) is 0 Å². The van der Waals surface area contributed by atoms with Gasteiger partial charge >= 0.3 is 5.69 Å². The number of aromatic nitrogens is 3. The summed E-state index contributed by atoms with van der Waals surface area (Å²) in [6, 6.07) is 0.392. The van der Waals surface area contributed by atoms with E-state index < -0.39 is 5.69 Å². The molecule has 0 aliphatic carbocycles. The Balaban J connectivity index is 2.17. The average Bonchev–Trinajstić information content (AvgIpc) is 2.51. The van der Waals surface area contributed by atoms with Gasteiger partial charge in [-0.3, -0.25) is 14.3 Å². The predicted octanol–water partition coefficient (Wildman–Crippen LogP) is -1.66. The first kappa shape index (κ1) is 15.7. The van der Waals surface area contributed by atoms with E-state index in [1.807, 2.05) is 4.90 Å². The van der Waals surface area contributed by atoms with Crippen molar-refractivity contribution in [3.05, 3.63) is 20.8 Å². The maximum absolute atomic E-state index is 12.2. The molecule has 0 radical (unpaired) electrons. The first-order chi connectivity index (χ1) is 9.99. The van der Waals surface area contributed by atoms with E-state index >= 15 is 0 Å². The highest BCUT2D eigenvalue weighted by Gasteiger charge is 2.25. The van der Waals surface area contributed by atoms with Gasteiger partial charge in [0.05, 0.1) is 0 Å². The fraction of sp³-hybridized carbons (Fsp3) is 0.769. The molecule has 21 heavy (non-hydrogen) atoms. The molecule has 1 unspecified atom stereocenters. The van der Waals surface area contributed by atoms with Gasteiger partial charge in [0.25, 0.3) is 5.56 Å². The molecule has 1 atom stereocenters. The lowest BCUT2D eigenvalue weighted by atomic mass is 10.1. The summed E-state index contributed by atoms with van der Waals surface area (Å²) in [4.78, 5) is 28.1. The second-order valence-corrected chi connectivity index (χ2v) is 5.41. The number of nitrogens with zero attached hydrogens (tertiary/aromatic N) is 5. The summed E-state index contributed by atoms with van der Waals surface area (Å²) in [6.07, 6.45) is 1.02. The summed E-state index contributed by atoms with van der Waals surface area (Å²) in [7, 11) is 3.04. The molecule has 2 heterocycles. The van der Waals surface area contributed by atoms with Crippen LogP contribution >= 0.6 is 0 Å². The predicted molar refractivity (Wildman–Crippen MR) is 81.6 cm³/mol. The molecular weight excluding hydrogens is 272 g/mol. The van der Waals surface area contributed by atoms with Crippen molar-refractivity contribution in [1.29, 1.82) is 0 Å². The van der Waals surface area contributed by atoms with E-state index in [0.717, 1.165) is 37.2 Å². The molecule has 0 amide bonds. The van der Waals surface area contributed by atoms with E-state index in [1.165, 1.54) is 11.7 Å². The van der Waals surface area contributed by atoms with Crippen LogP contribution in [0, 0.1) is 0 Å². The van der Waals surface area contributed by atoms with Crippen LogP contribution in [-0.2, 0) is 14.1 Å². The third-order valence-electron chi connectivity index (χ3n) is 4.18. The Hall–Kier alpha value is -1.67. The molecule has 0 spiro atoms. The van der Waals surface area contributed by atoms with Gasteiger partial charge in [-0.25, -0.2) is 9.48 Å². The Morgan fingerprint density at radius 1 is 1.19 bits per heavy atom. The molecule has 1 saturated heterocycles. The molecule has 2 rings (SSSR count). The highest BCUT2D eigenvalue weighted by Crippen LogP contribution is 2.11. The van der Waals surface area contributed by atoms with Crippen molar-refractivity contribution in [3.63, 3.8) is 0 Å². The lowest BCUT2D eigenvalue weighted by molar-refractivity contribution is 0.184. The first-order valence-corrected chi connectivity index (χ1v) is 7.33. The number of hydrogen-bond acceptors (Lipinski definition) is 6. The molecule has 0 aromatic carbocycles. The van der Waals surface area contributed by atoms with Gasteiger partial charge in [0, 0.05) is 52.9 Å². The second kappa shape index (κ2) is 6.40. The number of aryl methyl sites for hydroxylation is 1. The number of rotatable bonds is 4. The monoisotopic (exact) mass is 296 g/mol. The lowest BCUT2D eigenvalue weighted by Crippen LogP contribution is -2.54. The van der Waals surface area contributed by atoms with Crippen LogP contribution in [0.2, 0.25) is 0 Å². The number of hydrogen-bond donors (Lipinski definition) is 1. The lowest BCUT2D eigenvalue weighted by Gasteiger charge is -2.38. The van der Waals surface area contributed by atoms with Gasteiger partial charge in [-0.05, 0) is 6.42 Å². The van der Waals surface area contributed by atoms with Crippen LogP contribution in [0.25, 0.3) is 0 Å². The Morgan fingerprint density at radius 2 is 1.81 bits per heavy atom. The molecule has 0 bridgehead atoms. The molecular formula is C13H24N6O2. The normalized spacial score (nSPS) is 18.0. The van der Waals surface area contributed by atoms with Crippen molar-refractivity contribution < 1.29 is 0 Å². The zero-order valence-corrected chi connectivity index (χ0v) is 12.9. The summed E-state index contributed by atoms with van der Waals surface area (Å²) < 4.78 is 2.31. The Morgan fingerprint density at radius 3 is 2.33 bits per heavy atom. The summed E-state index contributed by atoms with van der Waals surface area (Å²) >= 11 is 0. The van der Waals surface area contributed by atoms with Crippen LogP contribution in [0.1, 0.15) is 13.3 Å². The summed E-state index contributed by atoms with van der Waals surface area (Å²) in [5, 5.41) is 4.12. The van der Waals surface area contributed by atoms with Crippen LogP contribution in [-0.4, -0.2) is 58.0 Å². The van der Waals surface area contributed by atoms with Gasteiger partial charge in [0.15, 0.2) is 0 Å². The van der Waals surface area contributed by atoms with Crippen molar-refractivity contribution in [2.24, 2.45) is 19.8 Å². The number of anilines is 1. The largest absolute Gasteiger partial charge is 0.348 e. The fourth-order valence-electron chi connectivity index (χ4n) is 2.75. The molecule has 1 aliphatic rings. The molecule has 1 aliphatic heterocycles. The number of nitrogens with two attached hydrogens (primary N) is 1. The molecule has 1 aromatic heterocycles. The highest BCUT2D eigenvalue weighted by molar-refractivity contribution is 5.35. The molecule has 1 fully saturated rings. The molecule has 1 aromatic rings. The minimum Gasteiger partial charge on any atom is -0.348 e. The van der Waals surface area contributed by atoms with E-state index in [9.17, 15) is 9.59 Å². The van der Waals surface area contributed by atoms with Gasteiger partial charge in [-0.1, -0.05) is 6.92 Å². The maximum atomic E-state index is 12.2. The third kappa shape index (κ3) is 3.01. The van der Waals surface area contributed by atoms with Gasteiger partial charge in [-0.15, -0.1) is 5.10 Å². The summed E-state index contributed by atoms with van der Waals surface area (Å²) in [6.45, 7) is 5.92. The average molecular weight is 296 g/mol. The van der Waals surface area contributed by atoms with Gasteiger partial charge < -0.3 is 10.6 Å². The maximum Gasteiger partial charge on any atom is 0.346 e. The van der Waals surface area contributed by atoms with Crippen LogP contribution in [0.5, 0.6) is 0 Å². The van der Waals surface area contributed by atoms with Crippen molar-refractivity contribution in [2.45, 2.75) is 19.4 Å². The first-order valence-electron chi connectivity index (χ1n) is 7.33. The molecule has 8 heteroatoms. The minimum atomic E-state index is -0.406. The van der Waals surface area contributed by atoms with Crippen LogP contribution < -0.4 is 21.9 Å². The van der Waals surface area contributed by atoms with Crippen molar-refractivity contribution in [1.82, 2.24) is 19.2 Å². The van der Waals surface area contributed by atoms with E-state index in [1.54, 1.807) is 7.05 Å². The van der Waals surface area contributed by atoms with Crippen molar-refractivity contribution >= 4 is 5.82 Å². The smallest absolute Gasteiger partial charge is 0.346 e. The van der Waals surface area contributed by atoms with E-state index in [-0.39, 0.29) is 5.56 Å². The Kier molecular flexibility index (Phi) is 4.79. The van der Waals surface area contributed by atoms with E-state index in [0.29, 0.717) is 18.4 Å². The highest BCUT2D eigenvalue weighted by atomic mass is 16.2. The summed E-state index contributed by atoms with van der Waals surface area (Å²) in [5.41, 5.74) is 5.04. The Bertz CT molecular complexity index is 596. The van der Waals surface area contributed by atoms with E-state index in [2.05, 4.69) is 16.9 Å². The van der Waals surface area contributed by atoms with Crippen LogP contribution in [0.4, 0.5) is 5.82 Å². The zero-order chi connectivity index (χ0) is 15.6. The SMILES string of the molecule is CCC(CN)N1CCN(c2nn(C)c(=O)n(C)c2=O)CC1. The number of piperazine rings is 1. The van der Waals surface area contributed by atoms with Crippen molar-refractivity contribution in [3.8, 4) is 0 Å².